The second-order valence-electron chi connectivity index (χ2n) is 6.55. The van der Waals surface area contributed by atoms with Gasteiger partial charge in [-0.1, -0.05) is 19.9 Å². The molecule has 1 unspecified atom stereocenters. The van der Waals surface area contributed by atoms with Gasteiger partial charge in [0.1, 0.15) is 5.75 Å². The van der Waals surface area contributed by atoms with E-state index in [0.29, 0.717) is 18.4 Å². The Morgan fingerprint density at radius 1 is 1.31 bits per heavy atom. The minimum absolute atomic E-state index is 0. The summed E-state index contributed by atoms with van der Waals surface area (Å²) in [5.41, 5.74) is 1.11. The minimum Gasteiger partial charge on any atom is -0.496 e. The fourth-order valence-corrected chi connectivity index (χ4v) is 3.30. The summed E-state index contributed by atoms with van der Waals surface area (Å²) in [5.74, 6) is 2.69. The number of ether oxygens (including phenoxy) is 1. The zero-order valence-electron chi connectivity index (χ0n) is 16.2. The molecule has 0 bridgehead atoms. The molecule has 0 aliphatic carbocycles. The van der Waals surface area contributed by atoms with Gasteiger partial charge in [-0.05, 0) is 65.2 Å². The van der Waals surface area contributed by atoms with Gasteiger partial charge in [0.15, 0.2) is 5.96 Å². The standard InChI is InChI=1S/C19H32BrN3O2.HI/c1-5-21-19(23-13-16(8-9-24)10-14(2)3)22-12-15-6-7-18(25-4)17(20)11-15;/h6-7,11,14,16,24H,5,8-10,12-13H2,1-4H3,(H2,21,22,23);1H. The van der Waals surface area contributed by atoms with Crippen LogP contribution in [0.4, 0.5) is 0 Å². The van der Waals surface area contributed by atoms with E-state index in [4.69, 9.17) is 4.74 Å². The normalized spacial score (nSPS) is 12.5. The van der Waals surface area contributed by atoms with Crippen molar-refractivity contribution >= 4 is 45.9 Å². The van der Waals surface area contributed by atoms with Crippen molar-refractivity contribution in [2.75, 3.05) is 26.8 Å². The number of aliphatic hydroxyl groups is 1. The SMILES string of the molecule is CCNC(=NCc1ccc(OC)c(Br)c1)NCC(CCO)CC(C)C.I. The first-order valence-corrected chi connectivity index (χ1v) is 9.74. The zero-order chi connectivity index (χ0) is 18.7. The molecule has 0 radical (unpaired) electrons. The Bertz CT molecular complexity index is 542. The highest BCUT2D eigenvalue weighted by molar-refractivity contribution is 14.0. The number of aliphatic hydroxyl groups excluding tert-OH is 1. The summed E-state index contributed by atoms with van der Waals surface area (Å²) < 4.78 is 6.19. The van der Waals surface area contributed by atoms with Crippen molar-refractivity contribution < 1.29 is 9.84 Å². The maximum Gasteiger partial charge on any atom is 0.191 e. The molecule has 0 saturated heterocycles. The molecule has 7 heteroatoms. The average Bonchev–Trinajstić information content (AvgIpc) is 2.57. The maximum absolute atomic E-state index is 9.25. The van der Waals surface area contributed by atoms with E-state index in [1.54, 1.807) is 7.11 Å². The van der Waals surface area contributed by atoms with Gasteiger partial charge in [-0.15, -0.1) is 24.0 Å². The van der Waals surface area contributed by atoms with Crippen LogP contribution in [0.15, 0.2) is 27.7 Å². The molecule has 0 aliphatic heterocycles. The van der Waals surface area contributed by atoms with Crippen molar-refractivity contribution in [2.24, 2.45) is 16.8 Å². The summed E-state index contributed by atoms with van der Waals surface area (Å²) in [4.78, 5) is 4.66. The van der Waals surface area contributed by atoms with Gasteiger partial charge in [-0.25, -0.2) is 4.99 Å². The van der Waals surface area contributed by atoms with Crippen LogP contribution in [0.2, 0.25) is 0 Å². The molecule has 5 nitrogen and oxygen atoms in total. The Kier molecular flexibility index (Phi) is 14.2. The summed E-state index contributed by atoms with van der Waals surface area (Å²) in [6.07, 6.45) is 1.91. The molecule has 1 rings (SSSR count). The zero-order valence-corrected chi connectivity index (χ0v) is 20.1. The predicted molar refractivity (Wildman–Crippen MR) is 124 cm³/mol. The predicted octanol–water partition coefficient (Wildman–Crippen LogP) is 4.18. The number of guanidine groups is 1. The molecule has 0 aromatic heterocycles. The van der Waals surface area contributed by atoms with Crippen molar-refractivity contribution in [2.45, 2.75) is 40.2 Å². The van der Waals surface area contributed by atoms with Gasteiger partial charge in [0.25, 0.3) is 0 Å². The molecule has 26 heavy (non-hydrogen) atoms. The number of nitrogens with zero attached hydrogens (tertiary/aromatic N) is 1. The van der Waals surface area contributed by atoms with Crippen LogP contribution in [0.1, 0.15) is 39.2 Å². The fourth-order valence-electron chi connectivity index (χ4n) is 2.71. The number of hydrogen-bond donors (Lipinski definition) is 3. The van der Waals surface area contributed by atoms with E-state index in [1.807, 2.05) is 18.2 Å². The van der Waals surface area contributed by atoms with Crippen molar-refractivity contribution in [1.29, 1.82) is 0 Å². The molecule has 1 atom stereocenters. The molecule has 0 amide bonds. The Balaban J connectivity index is 0.00000625. The van der Waals surface area contributed by atoms with E-state index >= 15 is 0 Å². The Morgan fingerprint density at radius 3 is 2.58 bits per heavy atom. The minimum atomic E-state index is 0. The molecule has 0 spiro atoms. The Hall–Kier alpha value is -0.540. The lowest BCUT2D eigenvalue weighted by Crippen LogP contribution is -2.40. The summed E-state index contributed by atoms with van der Waals surface area (Å²) in [6, 6.07) is 5.98. The van der Waals surface area contributed by atoms with E-state index in [2.05, 4.69) is 52.3 Å². The highest BCUT2D eigenvalue weighted by Crippen LogP contribution is 2.25. The first-order chi connectivity index (χ1) is 12.0. The molecule has 1 aromatic carbocycles. The van der Waals surface area contributed by atoms with Gasteiger partial charge < -0.3 is 20.5 Å². The lowest BCUT2D eigenvalue weighted by atomic mass is 9.94. The quantitative estimate of drug-likeness (QED) is 0.236. The average molecular weight is 542 g/mol. The van der Waals surface area contributed by atoms with Crippen LogP contribution in [0.5, 0.6) is 5.75 Å². The second kappa shape index (κ2) is 14.5. The highest BCUT2D eigenvalue weighted by atomic mass is 127. The number of rotatable bonds is 10. The Morgan fingerprint density at radius 2 is 2.04 bits per heavy atom. The van der Waals surface area contributed by atoms with E-state index in [0.717, 1.165) is 47.7 Å². The van der Waals surface area contributed by atoms with Crippen molar-refractivity contribution in [1.82, 2.24) is 10.6 Å². The first-order valence-electron chi connectivity index (χ1n) is 8.95. The lowest BCUT2D eigenvalue weighted by Gasteiger charge is -2.20. The smallest absolute Gasteiger partial charge is 0.191 e. The maximum atomic E-state index is 9.25. The summed E-state index contributed by atoms with van der Waals surface area (Å²) in [7, 11) is 1.66. The molecular formula is C19H33BrIN3O2. The van der Waals surface area contributed by atoms with E-state index in [9.17, 15) is 5.11 Å². The fraction of sp³-hybridized carbons (Fsp3) is 0.632. The lowest BCUT2D eigenvalue weighted by molar-refractivity contribution is 0.243. The summed E-state index contributed by atoms with van der Waals surface area (Å²) in [6.45, 7) is 8.93. The monoisotopic (exact) mass is 541 g/mol. The third kappa shape index (κ3) is 9.97. The van der Waals surface area contributed by atoms with E-state index < -0.39 is 0 Å². The van der Waals surface area contributed by atoms with E-state index in [-0.39, 0.29) is 30.6 Å². The van der Waals surface area contributed by atoms with Gasteiger partial charge in [0.2, 0.25) is 0 Å². The van der Waals surface area contributed by atoms with Gasteiger partial charge in [-0.3, -0.25) is 0 Å². The number of nitrogens with one attached hydrogen (secondary N) is 2. The second-order valence-corrected chi connectivity index (χ2v) is 7.41. The van der Waals surface area contributed by atoms with Crippen LogP contribution in [0, 0.1) is 11.8 Å². The molecule has 0 heterocycles. The van der Waals surface area contributed by atoms with Crippen molar-refractivity contribution in [3.63, 3.8) is 0 Å². The van der Waals surface area contributed by atoms with Crippen molar-refractivity contribution in [3.8, 4) is 5.75 Å². The van der Waals surface area contributed by atoms with E-state index in [1.165, 1.54) is 0 Å². The van der Waals surface area contributed by atoms with Gasteiger partial charge in [0.05, 0.1) is 18.1 Å². The molecule has 150 valence electrons. The van der Waals surface area contributed by atoms with Crippen LogP contribution >= 0.6 is 39.9 Å². The van der Waals surface area contributed by atoms with Gasteiger partial charge >= 0.3 is 0 Å². The molecular weight excluding hydrogens is 509 g/mol. The number of hydrogen-bond acceptors (Lipinski definition) is 3. The molecule has 0 aliphatic rings. The number of halogens is 2. The number of aliphatic imine (C=N–C) groups is 1. The number of methoxy groups -OCH3 is 1. The first kappa shape index (κ1) is 25.5. The van der Waals surface area contributed by atoms with Crippen LogP contribution in [0.25, 0.3) is 0 Å². The van der Waals surface area contributed by atoms with Crippen LogP contribution in [0.3, 0.4) is 0 Å². The molecule has 3 N–H and O–H groups in total. The highest BCUT2D eigenvalue weighted by Gasteiger charge is 2.11. The Labute approximate surface area is 183 Å². The van der Waals surface area contributed by atoms with Gasteiger partial charge in [-0.2, -0.15) is 0 Å². The number of benzene rings is 1. The van der Waals surface area contributed by atoms with Crippen LogP contribution in [-0.2, 0) is 6.54 Å². The largest absolute Gasteiger partial charge is 0.496 e. The molecule has 0 saturated carbocycles. The third-order valence-corrected chi connectivity index (χ3v) is 4.50. The topological polar surface area (TPSA) is 65.9 Å². The van der Waals surface area contributed by atoms with Gasteiger partial charge in [0, 0.05) is 19.7 Å². The van der Waals surface area contributed by atoms with Crippen LogP contribution < -0.4 is 15.4 Å². The molecule has 0 fully saturated rings. The van der Waals surface area contributed by atoms with Crippen LogP contribution in [-0.4, -0.2) is 37.9 Å². The van der Waals surface area contributed by atoms with Crippen molar-refractivity contribution in [3.05, 3.63) is 28.2 Å². The summed E-state index contributed by atoms with van der Waals surface area (Å²) >= 11 is 3.51. The molecule has 1 aromatic rings. The third-order valence-electron chi connectivity index (χ3n) is 3.88. The summed E-state index contributed by atoms with van der Waals surface area (Å²) in [5, 5.41) is 15.9.